The summed E-state index contributed by atoms with van der Waals surface area (Å²) in [7, 11) is 0. The minimum atomic E-state index is -0.778. The molecule has 3 nitrogen and oxygen atoms in total. The number of halogens is 3. The minimum Gasteiger partial charge on any atom is -0.453 e. The van der Waals surface area contributed by atoms with Gasteiger partial charge in [-0.15, -0.1) is 0 Å². The fourth-order valence-electron chi connectivity index (χ4n) is 0.887. The first-order valence-corrected chi connectivity index (χ1v) is 4.95. The van der Waals surface area contributed by atoms with Crippen LogP contribution in [0.4, 0.5) is 0 Å². The van der Waals surface area contributed by atoms with E-state index in [9.17, 15) is 9.59 Å². The minimum absolute atomic E-state index is 0.0266. The van der Waals surface area contributed by atoms with E-state index in [1.165, 1.54) is 12.1 Å². The quantitative estimate of drug-likeness (QED) is 0.625. The highest BCUT2D eigenvalue weighted by atomic mass is 35.5. The standard InChI is InChI=1S/C9H5Cl3O3/c10-5-2-1-3-6(11)8(5)9(14)15-4-7(12)13/h1-3H,4H2. The number of rotatable bonds is 3. The van der Waals surface area contributed by atoms with Crippen molar-refractivity contribution in [2.24, 2.45) is 0 Å². The third-order valence-electron chi connectivity index (χ3n) is 1.48. The summed E-state index contributed by atoms with van der Waals surface area (Å²) in [6.45, 7) is -0.512. The molecule has 6 heteroatoms. The SMILES string of the molecule is O=C(Cl)COC(=O)c1c(Cl)cccc1Cl. The summed E-state index contributed by atoms with van der Waals surface area (Å²) in [5, 5.41) is -0.449. The average molecular weight is 267 g/mol. The van der Waals surface area contributed by atoms with Crippen molar-refractivity contribution in [1.82, 2.24) is 0 Å². The van der Waals surface area contributed by atoms with Gasteiger partial charge in [-0.2, -0.15) is 0 Å². The van der Waals surface area contributed by atoms with Gasteiger partial charge in [0.05, 0.1) is 15.6 Å². The predicted molar refractivity (Wildman–Crippen MR) is 57.6 cm³/mol. The van der Waals surface area contributed by atoms with Gasteiger partial charge in [-0.3, -0.25) is 4.79 Å². The fourth-order valence-corrected chi connectivity index (χ4v) is 1.49. The average Bonchev–Trinajstić information content (AvgIpc) is 2.14. The van der Waals surface area contributed by atoms with Crippen molar-refractivity contribution in [3.63, 3.8) is 0 Å². The molecule has 0 fully saturated rings. The Morgan fingerprint density at radius 3 is 2.20 bits per heavy atom. The summed E-state index contributed by atoms with van der Waals surface area (Å²) < 4.78 is 4.56. The van der Waals surface area contributed by atoms with Crippen LogP contribution < -0.4 is 0 Å². The highest BCUT2D eigenvalue weighted by Gasteiger charge is 2.16. The second kappa shape index (κ2) is 5.35. The molecule has 80 valence electrons. The Hall–Kier alpha value is -0.770. The van der Waals surface area contributed by atoms with Crippen LogP contribution in [-0.4, -0.2) is 17.8 Å². The van der Waals surface area contributed by atoms with E-state index in [2.05, 4.69) is 4.74 Å². The van der Waals surface area contributed by atoms with Gasteiger partial charge >= 0.3 is 5.97 Å². The molecule has 15 heavy (non-hydrogen) atoms. The second-order valence-electron chi connectivity index (χ2n) is 2.53. The molecule has 0 heterocycles. The van der Waals surface area contributed by atoms with Crippen LogP contribution in [-0.2, 0) is 9.53 Å². The topological polar surface area (TPSA) is 43.4 Å². The van der Waals surface area contributed by atoms with E-state index in [1.54, 1.807) is 6.07 Å². The lowest BCUT2D eigenvalue weighted by molar-refractivity contribution is -0.114. The number of hydrogen-bond donors (Lipinski definition) is 0. The van der Waals surface area contributed by atoms with Crippen LogP contribution in [0.15, 0.2) is 18.2 Å². The lowest BCUT2D eigenvalue weighted by Crippen LogP contribution is -2.11. The van der Waals surface area contributed by atoms with E-state index in [4.69, 9.17) is 34.8 Å². The van der Waals surface area contributed by atoms with Crippen molar-refractivity contribution >= 4 is 46.0 Å². The molecule has 0 aromatic heterocycles. The number of ether oxygens (including phenoxy) is 1. The van der Waals surface area contributed by atoms with Gasteiger partial charge < -0.3 is 4.74 Å². The molecule has 0 aliphatic rings. The van der Waals surface area contributed by atoms with Crippen LogP contribution in [0, 0.1) is 0 Å². The maximum Gasteiger partial charge on any atom is 0.341 e. The van der Waals surface area contributed by atoms with Gasteiger partial charge in [0.15, 0.2) is 6.61 Å². The summed E-state index contributed by atoms with van der Waals surface area (Å²) in [6, 6.07) is 4.58. The van der Waals surface area contributed by atoms with Crippen molar-refractivity contribution in [2.45, 2.75) is 0 Å². The van der Waals surface area contributed by atoms with Gasteiger partial charge in [-0.05, 0) is 23.7 Å². The zero-order valence-electron chi connectivity index (χ0n) is 7.30. The third kappa shape index (κ3) is 3.38. The van der Waals surface area contributed by atoms with Crippen LogP contribution in [0.2, 0.25) is 10.0 Å². The highest BCUT2D eigenvalue weighted by molar-refractivity contribution is 6.64. The maximum absolute atomic E-state index is 11.4. The Bertz CT molecular complexity index is 383. The number of benzene rings is 1. The van der Waals surface area contributed by atoms with Crippen molar-refractivity contribution in [3.05, 3.63) is 33.8 Å². The lowest BCUT2D eigenvalue weighted by Gasteiger charge is -2.05. The normalized spacial score (nSPS) is 9.80. The molecule has 1 rings (SSSR count). The lowest BCUT2D eigenvalue weighted by atomic mass is 10.2. The van der Waals surface area contributed by atoms with Crippen LogP contribution in [0.1, 0.15) is 10.4 Å². The van der Waals surface area contributed by atoms with E-state index >= 15 is 0 Å². The van der Waals surface area contributed by atoms with E-state index in [-0.39, 0.29) is 15.6 Å². The fraction of sp³-hybridized carbons (Fsp3) is 0.111. The summed E-state index contributed by atoms with van der Waals surface area (Å²) in [5.41, 5.74) is 0.0266. The number of esters is 1. The molecular formula is C9H5Cl3O3. The smallest absolute Gasteiger partial charge is 0.341 e. The summed E-state index contributed by atoms with van der Waals surface area (Å²) in [6.07, 6.45) is 0. The summed E-state index contributed by atoms with van der Waals surface area (Å²) in [5.74, 6) is -0.778. The molecule has 0 radical (unpaired) electrons. The first-order valence-electron chi connectivity index (χ1n) is 3.82. The van der Waals surface area contributed by atoms with Crippen molar-refractivity contribution in [3.8, 4) is 0 Å². The monoisotopic (exact) mass is 266 g/mol. The molecule has 1 aromatic carbocycles. The molecule has 0 N–H and O–H groups in total. The molecule has 0 aliphatic heterocycles. The van der Waals surface area contributed by atoms with Crippen molar-refractivity contribution in [2.75, 3.05) is 6.61 Å². The molecule has 0 aliphatic carbocycles. The molecule has 0 unspecified atom stereocenters. The van der Waals surface area contributed by atoms with Crippen LogP contribution in [0.5, 0.6) is 0 Å². The third-order valence-corrected chi connectivity index (χ3v) is 2.22. The Labute approximate surface area is 101 Å². The van der Waals surface area contributed by atoms with Gasteiger partial charge in [0.2, 0.25) is 0 Å². The second-order valence-corrected chi connectivity index (χ2v) is 3.76. The van der Waals surface area contributed by atoms with Gasteiger partial charge in [-0.25, -0.2) is 4.79 Å². The first-order chi connectivity index (χ1) is 7.02. The molecule has 0 atom stereocenters. The van der Waals surface area contributed by atoms with E-state index < -0.39 is 17.8 Å². The first kappa shape index (κ1) is 12.3. The van der Waals surface area contributed by atoms with E-state index in [1.807, 2.05) is 0 Å². The Morgan fingerprint density at radius 2 is 1.73 bits per heavy atom. The molecule has 0 saturated heterocycles. The Morgan fingerprint density at radius 1 is 1.20 bits per heavy atom. The largest absolute Gasteiger partial charge is 0.453 e. The Kier molecular flexibility index (Phi) is 4.39. The molecule has 1 aromatic rings. The zero-order chi connectivity index (χ0) is 11.4. The van der Waals surface area contributed by atoms with Crippen molar-refractivity contribution in [1.29, 1.82) is 0 Å². The van der Waals surface area contributed by atoms with Crippen LogP contribution >= 0.6 is 34.8 Å². The number of carbonyl (C=O) groups is 2. The summed E-state index contributed by atoms with van der Waals surface area (Å²) >= 11 is 16.5. The van der Waals surface area contributed by atoms with Gasteiger partial charge in [0.1, 0.15) is 0 Å². The molecular weight excluding hydrogens is 262 g/mol. The number of carbonyl (C=O) groups excluding carboxylic acids is 2. The number of hydrogen-bond acceptors (Lipinski definition) is 3. The van der Waals surface area contributed by atoms with Gasteiger partial charge in [-0.1, -0.05) is 29.3 Å². The van der Waals surface area contributed by atoms with Gasteiger partial charge in [0, 0.05) is 0 Å². The predicted octanol–water partition coefficient (Wildman–Crippen LogP) is 2.92. The molecule has 0 spiro atoms. The molecule has 0 amide bonds. The maximum atomic E-state index is 11.4. The van der Waals surface area contributed by atoms with Gasteiger partial charge in [0.25, 0.3) is 5.24 Å². The Balaban J connectivity index is 2.86. The van der Waals surface area contributed by atoms with E-state index in [0.717, 1.165) is 0 Å². The van der Waals surface area contributed by atoms with Crippen molar-refractivity contribution < 1.29 is 14.3 Å². The van der Waals surface area contributed by atoms with E-state index in [0.29, 0.717) is 0 Å². The van der Waals surface area contributed by atoms with Crippen LogP contribution in [0.3, 0.4) is 0 Å². The molecule has 0 saturated carbocycles. The zero-order valence-corrected chi connectivity index (χ0v) is 9.57. The summed E-state index contributed by atoms with van der Waals surface area (Å²) in [4.78, 5) is 21.8. The molecule has 0 bridgehead atoms. The highest BCUT2D eigenvalue weighted by Crippen LogP contribution is 2.24. The van der Waals surface area contributed by atoms with Crippen LogP contribution in [0.25, 0.3) is 0 Å².